The lowest BCUT2D eigenvalue weighted by Gasteiger charge is -2.44. The van der Waals surface area contributed by atoms with Gasteiger partial charge in [0, 0.05) is 0 Å². The first-order chi connectivity index (χ1) is 4.77. The Hall–Kier alpha value is -0.0400. The van der Waals surface area contributed by atoms with Gasteiger partial charge in [-0.1, -0.05) is 6.92 Å². The molecule has 1 nitrogen and oxygen atoms in total. The topological polar surface area (TPSA) is 20.2 Å². The van der Waals surface area contributed by atoms with Gasteiger partial charge in [-0.05, 0) is 43.4 Å². The molecular weight excluding hydrogens is 124 g/mol. The van der Waals surface area contributed by atoms with Crippen LogP contribution in [0.1, 0.15) is 32.6 Å². The molecule has 0 saturated heterocycles. The minimum Gasteiger partial charge on any atom is -0.393 e. The molecule has 3 aliphatic carbocycles. The van der Waals surface area contributed by atoms with Crippen LogP contribution in [0, 0.1) is 17.8 Å². The summed E-state index contributed by atoms with van der Waals surface area (Å²) in [6.07, 6.45) is 5.18. The first-order valence-corrected chi connectivity index (χ1v) is 4.45. The average Bonchev–Trinajstić information content (AvgIpc) is 1.86. The number of hydrogen-bond acceptors (Lipinski definition) is 1. The summed E-state index contributed by atoms with van der Waals surface area (Å²) in [6, 6.07) is 0. The summed E-state index contributed by atoms with van der Waals surface area (Å²) in [5, 5.41) is 9.57. The molecule has 2 bridgehead atoms. The van der Waals surface area contributed by atoms with Crippen molar-refractivity contribution in [2.24, 2.45) is 17.8 Å². The molecule has 0 aliphatic heterocycles. The Bertz CT molecular complexity index is 121. The van der Waals surface area contributed by atoms with Gasteiger partial charge in [0.1, 0.15) is 0 Å². The molecule has 0 heterocycles. The normalized spacial score (nSPS) is 53.4. The zero-order chi connectivity index (χ0) is 7.14. The molecule has 0 aromatic carbocycles. The molecule has 1 heteroatoms. The molecule has 0 aromatic heterocycles. The monoisotopic (exact) mass is 140 g/mol. The minimum atomic E-state index is 0.0440. The van der Waals surface area contributed by atoms with E-state index in [2.05, 4.69) is 6.92 Å². The van der Waals surface area contributed by atoms with Crippen molar-refractivity contribution < 1.29 is 5.11 Å². The van der Waals surface area contributed by atoms with E-state index in [-0.39, 0.29) is 6.10 Å². The molecule has 58 valence electrons. The number of rotatable bonds is 0. The van der Waals surface area contributed by atoms with Gasteiger partial charge < -0.3 is 5.11 Å². The highest BCUT2D eigenvalue weighted by atomic mass is 16.3. The van der Waals surface area contributed by atoms with Gasteiger partial charge in [0.2, 0.25) is 0 Å². The molecule has 0 aromatic rings. The summed E-state index contributed by atoms with van der Waals surface area (Å²) in [4.78, 5) is 0. The van der Waals surface area contributed by atoms with Crippen molar-refractivity contribution >= 4 is 0 Å². The molecule has 0 spiro atoms. The molecule has 3 rings (SSSR count). The summed E-state index contributed by atoms with van der Waals surface area (Å²) in [5.41, 5.74) is 0. The van der Waals surface area contributed by atoms with Crippen LogP contribution in [-0.4, -0.2) is 11.2 Å². The SMILES string of the molecule is C[C@H]1C[C@@H]2CC[C@H]1[C@H](O)C2. The second kappa shape index (κ2) is 2.23. The van der Waals surface area contributed by atoms with Crippen molar-refractivity contribution in [2.75, 3.05) is 0 Å². The van der Waals surface area contributed by atoms with Crippen LogP contribution >= 0.6 is 0 Å². The highest BCUT2D eigenvalue weighted by Gasteiger charge is 2.38. The zero-order valence-electron chi connectivity index (χ0n) is 6.59. The molecule has 0 unspecified atom stereocenters. The van der Waals surface area contributed by atoms with E-state index < -0.39 is 0 Å². The Labute approximate surface area is 62.4 Å². The maximum absolute atomic E-state index is 9.57. The van der Waals surface area contributed by atoms with E-state index in [4.69, 9.17) is 0 Å². The number of hydrogen-bond donors (Lipinski definition) is 1. The maximum Gasteiger partial charge on any atom is 0.0573 e. The summed E-state index contributed by atoms with van der Waals surface area (Å²) in [7, 11) is 0. The van der Waals surface area contributed by atoms with Crippen molar-refractivity contribution in [1.29, 1.82) is 0 Å². The van der Waals surface area contributed by atoms with Crippen molar-refractivity contribution in [3.05, 3.63) is 0 Å². The third kappa shape index (κ3) is 0.878. The average molecular weight is 140 g/mol. The van der Waals surface area contributed by atoms with E-state index in [9.17, 15) is 5.11 Å². The second-order valence-electron chi connectivity index (χ2n) is 4.12. The molecule has 0 radical (unpaired) electrons. The fourth-order valence-electron chi connectivity index (χ4n) is 2.83. The Morgan fingerprint density at radius 1 is 1.20 bits per heavy atom. The number of fused-ring (bicyclic) bond motifs is 3. The summed E-state index contributed by atoms with van der Waals surface area (Å²) in [5.74, 6) is 2.29. The van der Waals surface area contributed by atoms with Gasteiger partial charge in [0.05, 0.1) is 6.10 Å². The van der Waals surface area contributed by atoms with E-state index >= 15 is 0 Å². The maximum atomic E-state index is 9.57. The second-order valence-corrected chi connectivity index (χ2v) is 4.12. The lowest BCUT2D eigenvalue weighted by Crippen LogP contribution is -2.40. The van der Waals surface area contributed by atoms with Crippen molar-refractivity contribution in [1.82, 2.24) is 0 Å². The summed E-state index contributed by atoms with van der Waals surface area (Å²) >= 11 is 0. The van der Waals surface area contributed by atoms with Gasteiger partial charge >= 0.3 is 0 Å². The van der Waals surface area contributed by atoms with E-state index in [0.29, 0.717) is 5.92 Å². The largest absolute Gasteiger partial charge is 0.393 e. The van der Waals surface area contributed by atoms with Gasteiger partial charge in [-0.3, -0.25) is 0 Å². The van der Waals surface area contributed by atoms with Gasteiger partial charge in [-0.15, -0.1) is 0 Å². The zero-order valence-corrected chi connectivity index (χ0v) is 6.59. The van der Waals surface area contributed by atoms with E-state index in [1.54, 1.807) is 0 Å². The quantitative estimate of drug-likeness (QED) is 0.544. The van der Waals surface area contributed by atoms with E-state index in [0.717, 1.165) is 18.3 Å². The third-order valence-electron chi connectivity index (χ3n) is 3.41. The van der Waals surface area contributed by atoms with Crippen molar-refractivity contribution in [3.63, 3.8) is 0 Å². The first kappa shape index (κ1) is 6.66. The fourth-order valence-corrected chi connectivity index (χ4v) is 2.83. The summed E-state index contributed by atoms with van der Waals surface area (Å²) in [6.45, 7) is 2.29. The minimum absolute atomic E-state index is 0.0440. The standard InChI is InChI=1S/C9H16O/c1-6-4-7-2-3-8(6)9(10)5-7/h6-10H,2-5H2,1H3/t6-,7-,8+,9+/m0/s1. The van der Waals surface area contributed by atoms with Gasteiger partial charge in [-0.25, -0.2) is 0 Å². The van der Waals surface area contributed by atoms with E-state index in [1.807, 2.05) is 0 Å². The Morgan fingerprint density at radius 3 is 2.40 bits per heavy atom. The molecule has 3 fully saturated rings. The van der Waals surface area contributed by atoms with Crippen LogP contribution in [0.2, 0.25) is 0 Å². The van der Waals surface area contributed by atoms with E-state index in [1.165, 1.54) is 19.3 Å². The smallest absolute Gasteiger partial charge is 0.0573 e. The third-order valence-corrected chi connectivity index (χ3v) is 3.41. The molecule has 3 saturated carbocycles. The molecule has 10 heavy (non-hydrogen) atoms. The highest BCUT2D eigenvalue weighted by molar-refractivity contribution is 4.89. The van der Waals surface area contributed by atoms with Crippen LogP contribution in [0.4, 0.5) is 0 Å². The van der Waals surface area contributed by atoms with Gasteiger partial charge in [0.15, 0.2) is 0 Å². The van der Waals surface area contributed by atoms with Crippen LogP contribution in [0.5, 0.6) is 0 Å². The number of aliphatic hydroxyl groups excluding tert-OH is 1. The van der Waals surface area contributed by atoms with Crippen molar-refractivity contribution in [3.8, 4) is 0 Å². The highest BCUT2D eigenvalue weighted by Crippen LogP contribution is 2.44. The van der Waals surface area contributed by atoms with Gasteiger partial charge in [-0.2, -0.15) is 0 Å². The Balaban J connectivity index is 2.11. The van der Waals surface area contributed by atoms with Crippen LogP contribution in [0.3, 0.4) is 0 Å². The first-order valence-electron chi connectivity index (χ1n) is 4.45. The predicted molar refractivity (Wildman–Crippen MR) is 40.6 cm³/mol. The Kier molecular flexibility index (Phi) is 1.48. The summed E-state index contributed by atoms with van der Waals surface area (Å²) < 4.78 is 0. The lowest BCUT2D eigenvalue weighted by molar-refractivity contribution is -0.0306. The van der Waals surface area contributed by atoms with Crippen LogP contribution in [-0.2, 0) is 0 Å². The molecule has 1 N–H and O–H groups in total. The number of aliphatic hydroxyl groups is 1. The van der Waals surface area contributed by atoms with Crippen LogP contribution < -0.4 is 0 Å². The molecule has 0 amide bonds. The molecule has 4 atom stereocenters. The lowest BCUT2D eigenvalue weighted by atomic mass is 9.64. The van der Waals surface area contributed by atoms with Crippen LogP contribution in [0.25, 0.3) is 0 Å². The molecular formula is C9H16O. The molecule has 3 aliphatic rings. The van der Waals surface area contributed by atoms with Gasteiger partial charge in [0.25, 0.3) is 0 Å². The Morgan fingerprint density at radius 2 is 2.00 bits per heavy atom. The predicted octanol–water partition coefficient (Wildman–Crippen LogP) is 1.80. The fraction of sp³-hybridized carbons (Fsp3) is 1.00. The van der Waals surface area contributed by atoms with Crippen LogP contribution in [0.15, 0.2) is 0 Å². The van der Waals surface area contributed by atoms with Crippen molar-refractivity contribution in [2.45, 2.75) is 38.7 Å².